The molecule has 31 heavy (non-hydrogen) atoms. The Balaban J connectivity index is 1.39. The first-order chi connectivity index (χ1) is 14.9. The van der Waals surface area contributed by atoms with Crippen LogP contribution in [-0.4, -0.2) is 32.8 Å². The number of pyridine rings is 1. The van der Waals surface area contributed by atoms with Crippen molar-refractivity contribution >= 4 is 22.9 Å². The number of aromatic nitrogens is 3. The Morgan fingerprint density at radius 1 is 1.23 bits per heavy atom. The number of benzene rings is 1. The van der Waals surface area contributed by atoms with Crippen LogP contribution in [0.25, 0.3) is 11.0 Å². The third-order valence-electron chi connectivity index (χ3n) is 6.61. The molecule has 1 aliphatic heterocycles. The normalized spacial score (nSPS) is 25.7. The standard InChI is InChI=1S/C24H25N5O2/c1-17-4-7-21(26-12-17)29-15-24(31-22(29)30)9-3-8-23(2,13-24)14-28-16-27-19-6-5-18(11-25)10-20(19)28/h4-7,10,12,16H,3,8-9,13-15H2,1-2H3/t23-,24-/m0/s1. The lowest BCUT2D eigenvalue weighted by molar-refractivity contribution is -0.0264. The quantitative estimate of drug-likeness (QED) is 0.625. The molecule has 0 radical (unpaired) electrons. The number of hydrogen-bond donors (Lipinski definition) is 0. The van der Waals surface area contributed by atoms with E-state index in [1.807, 2.05) is 37.5 Å². The van der Waals surface area contributed by atoms with Crippen LogP contribution in [0.2, 0.25) is 0 Å². The molecule has 158 valence electrons. The van der Waals surface area contributed by atoms with Gasteiger partial charge in [-0.3, -0.25) is 4.90 Å². The van der Waals surface area contributed by atoms with Crippen molar-refractivity contribution in [2.24, 2.45) is 5.41 Å². The number of anilines is 1. The minimum atomic E-state index is -0.495. The number of aryl methyl sites for hydroxylation is 1. The Hall–Kier alpha value is -3.40. The van der Waals surface area contributed by atoms with Crippen LogP contribution in [0.5, 0.6) is 0 Å². The molecule has 3 heterocycles. The molecule has 0 N–H and O–H groups in total. The van der Waals surface area contributed by atoms with Crippen molar-refractivity contribution in [3.05, 3.63) is 54.0 Å². The van der Waals surface area contributed by atoms with Crippen molar-refractivity contribution in [2.45, 2.75) is 51.7 Å². The maximum absolute atomic E-state index is 12.7. The van der Waals surface area contributed by atoms with Crippen molar-refractivity contribution in [1.82, 2.24) is 14.5 Å². The molecule has 5 rings (SSSR count). The number of amides is 1. The lowest BCUT2D eigenvalue weighted by atomic mass is 9.68. The largest absolute Gasteiger partial charge is 0.441 e. The van der Waals surface area contributed by atoms with Gasteiger partial charge in [0.1, 0.15) is 11.4 Å². The van der Waals surface area contributed by atoms with E-state index >= 15 is 0 Å². The van der Waals surface area contributed by atoms with E-state index in [1.54, 1.807) is 17.2 Å². The summed E-state index contributed by atoms with van der Waals surface area (Å²) in [5, 5.41) is 9.26. The molecule has 1 amide bonds. The molecular formula is C24H25N5O2. The fourth-order valence-corrected chi connectivity index (χ4v) is 5.23. The van der Waals surface area contributed by atoms with Gasteiger partial charge >= 0.3 is 6.09 Å². The van der Waals surface area contributed by atoms with E-state index < -0.39 is 5.60 Å². The number of fused-ring (bicyclic) bond motifs is 1. The Labute approximate surface area is 181 Å². The van der Waals surface area contributed by atoms with Gasteiger partial charge in [0.2, 0.25) is 0 Å². The second-order valence-corrected chi connectivity index (χ2v) is 9.36. The Bertz CT molecular complexity index is 1190. The van der Waals surface area contributed by atoms with Gasteiger partial charge in [-0.1, -0.05) is 13.0 Å². The number of carbonyl (C=O) groups excluding carboxylic acids is 1. The number of imidazole rings is 1. The Kier molecular flexibility index (Phi) is 4.47. The van der Waals surface area contributed by atoms with Crippen LogP contribution in [0, 0.1) is 23.7 Å². The van der Waals surface area contributed by atoms with Crippen LogP contribution in [0.4, 0.5) is 10.6 Å². The van der Waals surface area contributed by atoms with E-state index in [-0.39, 0.29) is 11.5 Å². The van der Waals surface area contributed by atoms with E-state index in [2.05, 4.69) is 27.5 Å². The zero-order valence-electron chi connectivity index (χ0n) is 17.8. The fourth-order valence-electron chi connectivity index (χ4n) is 5.23. The van der Waals surface area contributed by atoms with Gasteiger partial charge in [-0.15, -0.1) is 0 Å². The number of nitrogens with zero attached hydrogens (tertiary/aromatic N) is 5. The van der Waals surface area contributed by atoms with E-state index in [1.165, 1.54) is 0 Å². The van der Waals surface area contributed by atoms with E-state index in [0.29, 0.717) is 17.9 Å². The van der Waals surface area contributed by atoms with Crippen molar-refractivity contribution in [3.63, 3.8) is 0 Å². The molecule has 0 unspecified atom stereocenters. The van der Waals surface area contributed by atoms with Gasteiger partial charge in [0, 0.05) is 12.7 Å². The highest BCUT2D eigenvalue weighted by atomic mass is 16.6. The number of rotatable bonds is 3. The highest BCUT2D eigenvalue weighted by Gasteiger charge is 2.52. The molecule has 1 saturated carbocycles. The molecule has 2 aromatic heterocycles. The van der Waals surface area contributed by atoms with Gasteiger partial charge in [-0.25, -0.2) is 14.8 Å². The number of hydrogen-bond acceptors (Lipinski definition) is 5. The summed E-state index contributed by atoms with van der Waals surface area (Å²) >= 11 is 0. The van der Waals surface area contributed by atoms with E-state index in [9.17, 15) is 10.1 Å². The Morgan fingerprint density at radius 2 is 2.10 bits per heavy atom. The molecule has 1 saturated heterocycles. The zero-order chi connectivity index (χ0) is 21.6. The molecule has 7 heteroatoms. The minimum Gasteiger partial charge on any atom is -0.441 e. The summed E-state index contributed by atoms with van der Waals surface area (Å²) in [6.45, 7) is 5.53. The molecule has 2 atom stereocenters. The van der Waals surface area contributed by atoms with Crippen LogP contribution in [0.3, 0.4) is 0 Å². The SMILES string of the molecule is Cc1ccc(N2C[C@@]3(CCC[C@](C)(Cn4cnc5ccc(C#N)cc54)C3)OC2=O)nc1. The van der Waals surface area contributed by atoms with Crippen molar-refractivity contribution in [2.75, 3.05) is 11.4 Å². The third kappa shape index (κ3) is 3.52. The van der Waals surface area contributed by atoms with Gasteiger partial charge < -0.3 is 9.30 Å². The average Bonchev–Trinajstić information content (AvgIpc) is 3.28. The summed E-state index contributed by atoms with van der Waals surface area (Å²) in [7, 11) is 0. The fraction of sp³-hybridized carbons (Fsp3) is 0.417. The van der Waals surface area contributed by atoms with Gasteiger partial charge in [0.25, 0.3) is 0 Å². The summed E-state index contributed by atoms with van der Waals surface area (Å²) in [5.74, 6) is 0.643. The molecule has 1 spiro atoms. The summed E-state index contributed by atoms with van der Waals surface area (Å²) in [6.07, 6.45) is 7.00. The van der Waals surface area contributed by atoms with Gasteiger partial charge in [-0.05, 0) is 67.9 Å². The predicted molar refractivity (Wildman–Crippen MR) is 117 cm³/mol. The first-order valence-electron chi connectivity index (χ1n) is 10.7. The molecule has 1 aliphatic carbocycles. The molecule has 2 aliphatic rings. The number of ether oxygens (including phenoxy) is 1. The van der Waals surface area contributed by atoms with Gasteiger partial charge in [0.05, 0.1) is 35.5 Å². The summed E-state index contributed by atoms with van der Waals surface area (Å²) in [6, 6.07) is 11.6. The summed E-state index contributed by atoms with van der Waals surface area (Å²) in [5.41, 5.74) is 3.00. The lowest BCUT2D eigenvalue weighted by Gasteiger charge is -2.43. The predicted octanol–water partition coefficient (Wildman–Crippen LogP) is 4.59. The average molecular weight is 415 g/mol. The van der Waals surface area contributed by atoms with Crippen molar-refractivity contribution in [3.8, 4) is 6.07 Å². The third-order valence-corrected chi connectivity index (χ3v) is 6.61. The van der Waals surface area contributed by atoms with Crippen LogP contribution in [0.1, 0.15) is 43.7 Å². The van der Waals surface area contributed by atoms with E-state index in [4.69, 9.17) is 4.74 Å². The molecule has 1 aromatic carbocycles. The van der Waals surface area contributed by atoms with Crippen molar-refractivity contribution in [1.29, 1.82) is 5.26 Å². The highest BCUT2D eigenvalue weighted by Crippen LogP contribution is 2.47. The molecule has 0 bridgehead atoms. The summed E-state index contributed by atoms with van der Waals surface area (Å²) < 4.78 is 8.13. The monoisotopic (exact) mass is 415 g/mol. The second-order valence-electron chi connectivity index (χ2n) is 9.36. The maximum atomic E-state index is 12.7. The smallest absolute Gasteiger partial charge is 0.416 e. The lowest BCUT2D eigenvalue weighted by Crippen LogP contribution is -2.45. The molecule has 3 aromatic rings. The van der Waals surface area contributed by atoms with Crippen molar-refractivity contribution < 1.29 is 9.53 Å². The van der Waals surface area contributed by atoms with Crippen LogP contribution >= 0.6 is 0 Å². The zero-order valence-corrected chi connectivity index (χ0v) is 17.8. The maximum Gasteiger partial charge on any atom is 0.416 e. The topological polar surface area (TPSA) is 84.0 Å². The first-order valence-corrected chi connectivity index (χ1v) is 10.7. The first kappa shape index (κ1) is 19.6. The van der Waals surface area contributed by atoms with E-state index in [0.717, 1.165) is 48.8 Å². The molecular weight excluding hydrogens is 390 g/mol. The van der Waals surface area contributed by atoms with Gasteiger partial charge in [0.15, 0.2) is 0 Å². The van der Waals surface area contributed by atoms with Gasteiger partial charge in [-0.2, -0.15) is 5.26 Å². The number of carbonyl (C=O) groups is 1. The number of nitriles is 1. The molecule has 7 nitrogen and oxygen atoms in total. The minimum absolute atomic E-state index is 0.0501. The second kappa shape index (κ2) is 7.09. The Morgan fingerprint density at radius 3 is 2.87 bits per heavy atom. The van der Waals surface area contributed by atoms with Crippen LogP contribution in [-0.2, 0) is 11.3 Å². The van der Waals surface area contributed by atoms with Crippen LogP contribution in [0.15, 0.2) is 42.9 Å². The van der Waals surface area contributed by atoms with Crippen LogP contribution < -0.4 is 4.90 Å². The highest BCUT2D eigenvalue weighted by molar-refractivity contribution is 5.89. The summed E-state index contributed by atoms with van der Waals surface area (Å²) in [4.78, 5) is 23.3. The molecule has 2 fully saturated rings.